The van der Waals surface area contributed by atoms with Gasteiger partial charge in [-0.25, -0.2) is 4.98 Å². The summed E-state index contributed by atoms with van der Waals surface area (Å²) in [6.45, 7) is 6.68. The molecule has 2 N–H and O–H groups in total. The first-order valence-corrected chi connectivity index (χ1v) is 8.85. The normalized spacial score (nSPS) is 14.9. The van der Waals surface area contributed by atoms with E-state index in [2.05, 4.69) is 36.7 Å². The standard InChI is InChI=1S/C14H23N3S2/c1-4-10(3)9-19-13-12(8-11(15)5-2)17-6-7-18-14(17)16-13/h6-7,10-11H,4-5,8-9,15H2,1-3H3. The van der Waals surface area contributed by atoms with Gasteiger partial charge in [-0.2, -0.15) is 0 Å². The van der Waals surface area contributed by atoms with E-state index in [1.165, 1.54) is 17.1 Å². The van der Waals surface area contributed by atoms with Gasteiger partial charge in [-0.15, -0.1) is 23.1 Å². The van der Waals surface area contributed by atoms with Gasteiger partial charge >= 0.3 is 0 Å². The number of rotatable bonds is 7. The maximum atomic E-state index is 6.13. The second-order valence-electron chi connectivity index (χ2n) is 5.12. The molecule has 0 aliphatic carbocycles. The summed E-state index contributed by atoms with van der Waals surface area (Å²) < 4.78 is 2.21. The molecule has 2 heterocycles. The van der Waals surface area contributed by atoms with Crippen LogP contribution in [0.2, 0.25) is 0 Å². The van der Waals surface area contributed by atoms with Crippen molar-refractivity contribution in [3.63, 3.8) is 0 Å². The molecule has 19 heavy (non-hydrogen) atoms. The van der Waals surface area contributed by atoms with Gasteiger partial charge in [-0.3, -0.25) is 4.40 Å². The number of hydrogen-bond donors (Lipinski definition) is 1. The highest BCUT2D eigenvalue weighted by molar-refractivity contribution is 7.99. The molecule has 0 saturated carbocycles. The minimum Gasteiger partial charge on any atom is -0.327 e. The Hall–Kier alpha value is -0.520. The SMILES string of the molecule is CCC(C)CSc1nc2sccn2c1CC(N)CC. The van der Waals surface area contributed by atoms with Gasteiger partial charge < -0.3 is 5.73 Å². The van der Waals surface area contributed by atoms with Crippen LogP contribution in [0, 0.1) is 5.92 Å². The third kappa shape index (κ3) is 3.52. The average molecular weight is 297 g/mol. The van der Waals surface area contributed by atoms with Crippen molar-refractivity contribution in [2.45, 2.75) is 51.1 Å². The fraction of sp³-hybridized carbons (Fsp3) is 0.643. The third-order valence-electron chi connectivity index (χ3n) is 3.51. The fourth-order valence-corrected chi connectivity index (χ4v) is 3.81. The summed E-state index contributed by atoms with van der Waals surface area (Å²) in [5, 5.41) is 3.27. The van der Waals surface area contributed by atoms with Crippen LogP contribution in [-0.2, 0) is 6.42 Å². The summed E-state index contributed by atoms with van der Waals surface area (Å²) in [6.07, 6.45) is 5.25. The highest BCUT2D eigenvalue weighted by atomic mass is 32.2. The zero-order valence-corrected chi connectivity index (χ0v) is 13.6. The number of nitrogens with two attached hydrogens (primary N) is 1. The van der Waals surface area contributed by atoms with Crippen LogP contribution < -0.4 is 5.73 Å². The predicted octanol–water partition coefficient (Wildman–Crippen LogP) is 3.81. The quantitative estimate of drug-likeness (QED) is 0.790. The molecule has 5 heteroatoms. The van der Waals surface area contributed by atoms with Crippen LogP contribution in [0.25, 0.3) is 4.96 Å². The number of thiazole rings is 1. The van der Waals surface area contributed by atoms with Crippen LogP contribution in [0.4, 0.5) is 0 Å². The summed E-state index contributed by atoms with van der Waals surface area (Å²) in [5.74, 6) is 1.87. The van der Waals surface area contributed by atoms with Crippen molar-refractivity contribution in [1.82, 2.24) is 9.38 Å². The number of hydrogen-bond acceptors (Lipinski definition) is 4. The van der Waals surface area contributed by atoms with E-state index in [1.54, 1.807) is 11.3 Å². The van der Waals surface area contributed by atoms with Gasteiger partial charge in [-0.1, -0.05) is 27.2 Å². The Balaban J connectivity index is 2.20. The maximum absolute atomic E-state index is 6.13. The summed E-state index contributed by atoms with van der Waals surface area (Å²) in [4.78, 5) is 5.84. The predicted molar refractivity (Wildman–Crippen MR) is 85.2 cm³/mol. The van der Waals surface area contributed by atoms with Crippen molar-refractivity contribution >= 4 is 28.1 Å². The van der Waals surface area contributed by atoms with Crippen molar-refractivity contribution in [1.29, 1.82) is 0 Å². The Bertz CT molecular complexity index is 518. The summed E-state index contributed by atoms with van der Waals surface area (Å²) in [6, 6.07) is 0.225. The topological polar surface area (TPSA) is 43.3 Å². The third-order valence-corrected chi connectivity index (χ3v) is 5.60. The van der Waals surface area contributed by atoms with Crippen LogP contribution in [-0.4, -0.2) is 21.2 Å². The van der Waals surface area contributed by atoms with Crippen LogP contribution in [0.3, 0.4) is 0 Å². The number of fused-ring (bicyclic) bond motifs is 1. The van der Waals surface area contributed by atoms with Gasteiger partial charge in [0.2, 0.25) is 0 Å². The summed E-state index contributed by atoms with van der Waals surface area (Å²) in [7, 11) is 0. The first-order valence-electron chi connectivity index (χ1n) is 6.98. The Labute approximate surface area is 123 Å². The smallest absolute Gasteiger partial charge is 0.194 e. The van der Waals surface area contributed by atoms with Gasteiger partial charge in [0.05, 0.1) is 5.69 Å². The second-order valence-corrected chi connectivity index (χ2v) is 7.00. The molecule has 2 atom stereocenters. The lowest BCUT2D eigenvalue weighted by Crippen LogP contribution is -2.22. The molecule has 0 amide bonds. The molecule has 2 aromatic heterocycles. The van der Waals surface area contributed by atoms with E-state index in [1.807, 2.05) is 11.8 Å². The van der Waals surface area contributed by atoms with Gasteiger partial charge in [-0.05, 0) is 12.3 Å². The Morgan fingerprint density at radius 1 is 1.42 bits per heavy atom. The van der Waals surface area contributed by atoms with Crippen molar-refractivity contribution < 1.29 is 0 Å². The van der Waals surface area contributed by atoms with E-state index < -0.39 is 0 Å². The number of imidazole rings is 1. The molecule has 0 aromatic carbocycles. The highest BCUT2D eigenvalue weighted by Gasteiger charge is 2.16. The average Bonchev–Trinajstić information content (AvgIpc) is 2.98. The molecule has 3 nitrogen and oxygen atoms in total. The second kappa shape index (κ2) is 6.77. The van der Waals surface area contributed by atoms with Gasteiger partial charge in [0, 0.05) is 29.8 Å². The van der Waals surface area contributed by atoms with E-state index in [4.69, 9.17) is 10.7 Å². The van der Waals surface area contributed by atoms with E-state index in [9.17, 15) is 0 Å². The molecule has 2 rings (SSSR count). The van der Waals surface area contributed by atoms with E-state index in [0.717, 1.165) is 29.5 Å². The van der Waals surface area contributed by atoms with Gasteiger partial charge in [0.15, 0.2) is 4.96 Å². The zero-order chi connectivity index (χ0) is 13.8. The lowest BCUT2D eigenvalue weighted by molar-refractivity contribution is 0.624. The Morgan fingerprint density at radius 3 is 2.89 bits per heavy atom. The number of aromatic nitrogens is 2. The lowest BCUT2D eigenvalue weighted by Gasteiger charge is -2.11. The van der Waals surface area contributed by atoms with E-state index in [0.29, 0.717) is 0 Å². The van der Waals surface area contributed by atoms with Crippen molar-refractivity contribution in [3.05, 3.63) is 17.3 Å². The maximum Gasteiger partial charge on any atom is 0.194 e. The number of nitrogens with zero attached hydrogens (tertiary/aromatic N) is 2. The first kappa shape index (κ1) is 14.9. The molecule has 106 valence electrons. The van der Waals surface area contributed by atoms with Crippen molar-refractivity contribution in [2.75, 3.05) is 5.75 Å². The molecule has 2 unspecified atom stereocenters. The molecule has 0 bridgehead atoms. The van der Waals surface area contributed by atoms with Crippen molar-refractivity contribution in [3.8, 4) is 0 Å². The largest absolute Gasteiger partial charge is 0.327 e. The number of thioether (sulfide) groups is 1. The molecule has 0 aliphatic heterocycles. The fourth-order valence-electron chi connectivity index (χ4n) is 1.85. The summed E-state index contributed by atoms with van der Waals surface area (Å²) in [5.41, 5.74) is 7.42. The van der Waals surface area contributed by atoms with Crippen LogP contribution in [0.5, 0.6) is 0 Å². The zero-order valence-electron chi connectivity index (χ0n) is 11.9. The van der Waals surface area contributed by atoms with E-state index >= 15 is 0 Å². The molecule has 0 spiro atoms. The molecule has 0 radical (unpaired) electrons. The van der Waals surface area contributed by atoms with E-state index in [-0.39, 0.29) is 6.04 Å². The van der Waals surface area contributed by atoms with Gasteiger partial charge in [0.25, 0.3) is 0 Å². The highest BCUT2D eigenvalue weighted by Crippen LogP contribution is 2.28. The molecule has 0 aliphatic rings. The molecule has 0 saturated heterocycles. The molecule has 2 aromatic rings. The first-order chi connectivity index (χ1) is 9.15. The minimum atomic E-state index is 0.225. The molecular formula is C14H23N3S2. The van der Waals surface area contributed by atoms with Crippen molar-refractivity contribution in [2.24, 2.45) is 11.7 Å². The van der Waals surface area contributed by atoms with Gasteiger partial charge in [0.1, 0.15) is 5.03 Å². The van der Waals surface area contributed by atoms with Crippen LogP contribution in [0.1, 0.15) is 39.3 Å². The molecular weight excluding hydrogens is 274 g/mol. The van der Waals surface area contributed by atoms with Crippen LogP contribution >= 0.6 is 23.1 Å². The minimum absolute atomic E-state index is 0.225. The van der Waals surface area contributed by atoms with Crippen LogP contribution in [0.15, 0.2) is 16.6 Å². The Kier molecular flexibility index (Phi) is 5.30. The molecule has 0 fully saturated rings. The monoisotopic (exact) mass is 297 g/mol. The Morgan fingerprint density at radius 2 is 2.21 bits per heavy atom. The summed E-state index contributed by atoms with van der Waals surface area (Å²) >= 11 is 3.58. The lowest BCUT2D eigenvalue weighted by atomic mass is 10.1.